The van der Waals surface area contributed by atoms with E-state index in [2.05, 4.69) is 5.32 Å². The van der Waals surface area contributed by atoms with Crippen LogP contribution in [-0.4, -0.2) is 56.1 Å². The van der Waals surface area contributed by atoms with Gasteiger partial charge in [-0.25, -0.2) is 4.79 Å². The van der Waals surface area contributed by atoms with Crippen LogP contribution in [0.15, 0.2) is 24.3 Å². The molecule has 1 heterocycles. The summed E-state index contributed by atoms with van der Waals surface area (Å²) in [6.07, 6.45) is 1.82. The van der Waals surface area contributed by atoms with Gasteiger partial charge in [-0.1, -0.05) is 6.07 Å². The third kappa shape index (κ3) is 6.25. The van der Waals surface area contributed by atoms with Gasteiger partial charge in [-0.2, -0.15) is 0 Å². The zero-order valence-electron chi connectivity index (χ0n) is 12.8. The Balaban J connectivity index is 1.68. The minimum atomic E-state index is -1.06. The standard InChI is InChI=1S/C16H21NO6/c18-15(19)11-23-13-4-1-3-12(9-13)16(20)17-6-2-7-22-14-5-8-21-10-14/h1,3-4,9,14H,2,5-8,10-11H2,(H,17,20)(H,18,19). The summed E-state index contributed by atoms with van der Waals surface area (Å²) in [6.45, 7) is 2.05. The molecular formula is C16H21NO6. The highest BCUT2D eigenvalue weighted by Crippen LogP contribution is 2.13. The Morgan fingerprint density at radius 3 is 3.00 bits per heavy atom. The van der Waals surface area contributed by atoms with Gasteiger partial charge in [-0.15, -0.1) is 0 Å². The summed E-state index contributed by atoms with van der Waals surface area (Å²) in [7, 11) is 0. The van der Waals surface area contributed by atoms with Crippen LogP contribution in [-0.2, 0) is 14.3 Å². The molecule has 1 aliphatic heterocycles. The first-order chi connectivity index (χ1) is 11.1. The second-order valence-electron chi connectivity index (χ2n) is 5.18. The third-order valence-electron chi connectivity index (χ3n) is 3.31. The van der Waals surface area contributed by atoms with Crippen molar-refractivity contribution in [2.45, 2.75) is 18.9 Å². The Morgan fingerprint density at radius 1 is 1.39 bits per heavy atom. The molecule has 126 valence electrons. The highest BCUT2D eigenvalue weighted by atomic mass is 16.5. The molecule has 1 fully saturated rings. The molecular weight excluding hydrogens is 302 g/mol. The largest absolute Gasteiger partial charge is 0.482 e. The van der Waals surface area contributed by atoms with E-state index in [0.29, 0.717) is 31.1 Å². The lowest BCUT2D eigenvalue weighted by molar-refractivity contribution is -0.139. The van der Waals surface area contributed by atoms with Gasteiger partial charge in [-0.3, -0.25) is 4.79 Å². The van der Waals surface area contributed by atoms with E-state index in [1.165, 1.54) is 6.07 Å². The van der Waals surface area contributed by atoms with Crippen LogP contribution in [0.3, 0.4) is 0 Å². The predicted octanol–water partition coefficient (Wildman–Crippen LogP) is 1.08. The number of aliphatic carboxylic acids is 1. The average Bonchev–Trinajstić information content (AvgIpc) is 3.06. The molecule has 2 rings (SSSR count). The summed E-state index contributed by atoms with van der Waals surface area (Å²) >= 11 is 0. The molecule has 1 atom stereocenters. The summed E-state index contributed by atoms with van der Waals surface area (Å²) in [5.74, 6) is -0.938. The van der Waals surface area contributed by atoms with E-state index >= 15 is 0 Å². The summed E-state index contributed by atoms with van der Waals surface area (Å²) in [6, 6.07) is 6.42. The Bertz CT molecular complexity index is 527. The minimum absolute atomic E-state index is 0.175. The Kier molecular flexibility index (Phi) is 6.83. The van der Waals surface area contributed by atoms with Crippen LogP contribution in [0.1, 0.15) is 23.2 Å². The Labute approximate surface area is 134 Å². The lowest BCUT2D eigenvalue weighted by atomic mass is 10.2. The molecule has 23 heavy (non-hydrogen) atoms. The van der Waals surface area contributed by atoms with Crippen molar-refractivity contribution < 1.29 is 28.9 Å². The van der Waals surface area contributed by atoms with Crippen molar-refractivity contribution in [1.29, 1.82) is 0 Å². The number of carbonyl (C=O) groups excluding carboxylic acids is 1. The lowest BCUT2D eigenvalue weighted by Gasteiger charge is -2.10. The first-order valence-corrected chi connectivity index (χ1v) is 7.57. The minimum Gasteiger partial charge on any atom is -0.482 e. The van der Waals surface area contributed by atoms with Crippen molar-refractivity contribution in [2.75, 3.05) is 33.0 Å². The van der Waals surface area contributed by atoms with Crippen molar-refractivity contribution in [2.24, 2.45) is 0 Å². The number of carbonyl (C=O) groups is 2. The van der Waals surface area contributed by atoms with Crippen molar-refractivity contribution in [3.05, 3.63) is 29.8 Å². The molecule has 1 unspecified atom stereocenters. The fourth-order valence-corrected chi connectivity index (χ4v) is 2.14. The molecule has 0 spiro atoms. The zero-order valence-corrected chi connectivity index (χ0v) is 12.8. The molecule has 7 nitrogen and oxygen atoms in total. The number of carboxylic acids is 1. The Hall–Kier alpha value is -2.12. The fraction of sp³-hybridized carbons (Fsp3) is 0.500. The number of hydrogen-bond donors (Lipinski definition) is 2. The quantitative estimate of drug-likeness (QED) is 0.660. The monoisotopic (exact) mass is 323 g/mol. The van der Waals surface area contributed by atoms with Gasteiger partial charge < -0.3 is 24.6 Å². The normalized spacial score (nSPS) is 17.0. The third-order valence-corrected chi connectivity index (χ3v) is 3.31. The number of ether oxygens (including phenoxy) is 3. The van der Waals surface area contributed by atoms with Gasteiger partial charge >= 0.3 is 5.97 Å². The van der Waals surface area contributed by atoms with Gasteiger partial charge in [0.15, 0.2) is 6.61 Å². The van der Waals surface area contributed by atoms with Crippen molar-refractivity contribution in [3.8, 4) is 5.75 Å². The molecule has 0 saturated carbocycles. The molecule has 1 amide bonds. The highest BCUT2D eigenvalue weighted by Gasteiger charge is 2.15. The molecule has 0 bridgehead atoms. The molecule has 0 aliphatic carbocycles. The first-order valence-electron chi connectivity index (χ1n) is 7.57. The van der Waals surface area contributed by atoms with E-state index in [1.54, 1.807) is 18.2 Å². The van der Waals surface area contributed by atoms with Crippen LogP contribution >= 0.6 is 0 Å². The maximum absolute atomic E-state index is 12.0. The summed E-state index contributed by atoms with van der Waals surface area (Å²) in [4.78, 5) is 22.5. The van der Waals surface area contributed by atoms with Gasteiger partial charge in [0.2, 0.25) is 0 Å². The summed E-state index contributed by atoms with van der Waals surface area (Å²) in [5.41, 5.74) is 0.429. The van der Waals surface area contributed by atoms with Gasteiger partial charge in [0, 0.05) is 25.3 Å². The number of nitrogens with one attached hydrogen (secondary N) is 1. The van der Waals surface area contributed by atoms with Crippen LogP contribution in [0.25, 0.3) is 0 Å². The van der Waals surface area contributed by atoms with Crippen LogP contribution in [0, 0.1) is 0 Å². The molecule has 0 aromatic heterocycles. The predicted molar refractivity (Wildman–Crippen MR) is 81.7 cm³/mol. The molecule has 1 aromatic carbocycles. The number of rotatable bonds is 9. The second-order valence-corrected chi connectivity index (χ2v) is 5.18. The molecule has 1 saturated heterocycles. The van der Waals surface area contributed by atoms with Crippen molar-refractivity contribution in [3.63, 3.8) is 0 Å². The molecule has 0 radical (unpaired) electrons. The second kappa shape index (κ2) is 9.12. The maximum Gasteiger partial charge on any atom is 0.341 e. The van der Waals surface area contributed by atoms with E-state index in [-0.39, 0.29) is 12.0 Å². The molecule has 1 aliphatic rings. The Morgan fingerprint density at radius 2 is 2.26 bits per heavy atom. The highest BCUT2D eigenvalue weighted by molar-refractivity contribution is 5.94. The van der Waals surface area contributed by atoms with E-state index in [9.17, 15) is 9.59 Å². The summed E-state index contributed by atoms with van der Waals surface area (Å²) < 4.78 is 15.9. The number of benzene rings is 1. The zero-order chi connectivity index (χ0) is 16.5. The van der Waals surface area contributed by atoms with Gasteiger partial charge in [0.1, 0.15) is 5.75 Å². The topological polar surface area (TPSA) is 94.1 Å². The van der Waals surface area contributed by atoms with Crippen molar-refractivity contribution in [1.82, 2.24) is 5.32 Å². The lowest BCUT2D eigenvalue weighted by Crippen LogP contribution is -2.26. The van der Waals surface area contributed by atoms with E-state index in [1.807, 2.05) is 0 Å². The van der Waals surface area contributed by atoms with Crippen LogP contribution in [0.5, 0.6) is 5.75 Å². The molecule has 7 heteroatoms. The van der Waals surface area contributed by atoms with E-state index in [0.717, 1.165) is 19.4 Å². The molecule has 1 aromatic rings. The number of hydrogen-bond acceptors (Lipinski definition) is 5. The SMILES string of the molecule is O=C(O)COc1cccc(C(=O)NCCCOC2CCOC2)c1. The summed E-state index contributed by atoms with van der Waals surface area (Å²) in [5, 5.41) is 11.4. The van der Waals surface area contributed by atoms with Crippen LogP contribution in [0.2, 0.25) is 0 Å². The van der Waals surface area contributed by atoms with E-state index in [4.69, 9.17) is 19.3 Å². The average molecular weight is 323 g/mol. The van der Waals surface area contributed by atoms with Gasteiger partial charge in [0.25, 0.3) is 5.91 Å². The smallest absolute Gasteiger partial charge is 0.341 e. The van der Waals surface area contributed by atoms with Gasteiger partial charge in [-0.05, 0) is 31.0 Å². The molecule has 2 N–H and O–H groups in total. The van der Waals surface area contributed by atoms with Crippen molar-refractivity contribution >= 4 is 11.9 Å². The maximum atomic E-state index is 12.0. The van der Waals surface area contributed by atoms with Crippen LogP contribution in [0.4, 0.5) is 0 Å². The van der Waals surface area contributed by atoms with Gasteiger partial charge in [0.05, 0.1) is 12.7 Å². The number of carboxylic acid groups (broad SMARTS) is 1. The number of amides is 1. The fourth-order valence-electron chi connectivity index (χ4n) is 2.14. The van der Waals surface area contributed by atoms with Crippen LogP contribution < -0.4 is 10.1 Å². The van der Waals surface area contributed by atoms with E-state index < -0.39 is 12.6 Å². The first kappa shape index (κ1) is 17.2.